The summed E-state index contributed by atoms with van der Waals surface area (Å²) in [5, 5.41) is 0. The summed E-state index contributed by atoms with van der Waals surface area (Å²) in [4.78, 5) is 19.1. The van der Waals surface area contributed by atoms with Crippen molar-refractivity contribution in [1.29, 1.82) is 0 Å². The lowest BCUT2D eigenvalue weighted by Gasteiger charge is -2.37. The first-order valence-corrected chi connectivity index (χ1v) is 8.06. The molecule has 21 heavy (non-hydrogen) atoms. The van der Waals surface area contributed by atoms with Gasteiger partial charge in [-0.2, -0.15) is 0 Å². The smallest absolute Gasteiger partial charge is 0.236 e. The van der Waals surface area contributed by atoms with Crippen molar-refractivity contribution in [3.63, 3.8) is 0 Å². The Morgan fingerprint density at radius 2 is 1.90 bits per heavy atom. The zero-order valence-electron chi connectivity index (χ0n) is 13.4. The molecule has 2 aliphatic rings. The normalized spacial score (nSPS) is 25.2. The Hall–Kier alpha value is -0.690. The number of piperazine rings is 1. The van der Waals surface area contributed by atoms with Crippen LogP contribution in [0.3, 0.4) is 0 Å². The number of morpholine rings is 1. The van der Waals surface area contributed by atoms with Gasteiger partial charge in [0.25, 0.3) is 0 Å². The Labute approximate surface area is 128 Å². The van der Waals surface area contributed by atoms with Crippen molar-refractivity contribution in [2.24, 2.45) is 0 Å². The van der Waals surface area contributed by atoms with Gasteiger partial charge in [-0.15, -0.1) is 0 Å². The molecule has 2 rings (SSSR count). The van der Waals surface area contributed by atoms with Crippen molar-refractivity contribution >= 4 is 5.91 Å². The minimum atomic E-state index is 0.125. The highest BCUT2D eigenvalue weighted by atomic mass is 16.5. The van der Waals surface area contributed by atoms with Crippen LogP contribution < -0.4 is 0 Å². The predicted octanol–water partition coefficient (Wildman–Crippen LogP) is -0.112. The topological polar surface area (TPSA) is 45.2 Å². The van der Waals surface area contributed by atoms with Crippen LogP contribution in [0.5, 0.6) is 0 Å². The van der Waals surface area contributed by atoms with Crippen molar-refractivity contribution in [3.8, 4) is 0 Å². The maximum absolute atomic E-state index is 12.4. The van der Waals surface area contributed by atoms with Crippen LogP contribution in [0.15, 0.2) is 0 Å². The zero-order chi connectivity index (χ0) is 15.1. The SMILES string of the molecule is CCN1CCN(CC(=O)N2CCO[C@@H](CCOC)C2)CC1. The van der Waals surface area contributed by atoms with Crippen molar-refractivity contribution in [3.05, 3.63) is 0 Å². The summed E-state index contributed by atoms with van der Waals surface area (Å²) in [7, 11) is 1.70. The standard InChI is InChI=1S/C15H29N3O3/c1-3-16-5-7-17(8-6-16)13-15(19)18-9-11-21-14(12-18)4-10-20-2/h14H,3-13H2,1-2H3/t14-/m0/s1. The molecule has 0 N–H and O–H groups in total. The van der Waals surface area contributed by atoms with E-state index in [1.807, 2.05) is 4.90 Å². The van der Waals surface area contributed by atoms with E-state index >= 15 is 0 Å². The van der Waals surface area contributed by atoms with Gasteiger partial charge in [0, 0.05) is 53.0 Å². The van der Waals surface area contributed by atoms with E-state index in [1.54, 1.807) is 7.11 Å². The summed E-state index contributed by atoms with van der Waals surface area (Å²) >= 11 is 0. The largest absolute Gasteiger partial charge is 0.385 e. The summed E-state index contributed by atoms with van der Waals surface area (Å²) in [6, 6.07) is 0. The third-order valence-electron chi connectivity index (χ3n) is 4.41. The van der Waals surface area contributed by atoms with Crippen LogP contribution in [0.25, 0.3) is 0 Å². The zero-order valence-corrected chi connectivity index (χ0v) is 13.4. The molecule has 0 unspecified atom stereocenters. The van der Waals surface area contributed by atoms with Crippen LogP contribution in [0.2, 0.25) is 0 Å². The second kappa shape index (κ2) is 8.68. The van der Waals surface area contributed by atoms with Gasteiger partial charge in [-0.1, -0.05) is 6.92 Å². The van der Waals surface area contributed by atoms with E-state index in [0.717, 1.165) is 45.7 Å². The average Bonchev–Trinajstić information content (AvgIpc) is 2.54. The third kappa shape index (κ3) is 5.21. The fourth-order valence-corrected chi connectivity index (χ4v) is 2.92. The highest BCUT2D eigenvalue weighted by molar-refractivity contribution is 5.78. The molecule has 0 bridgehead atoms. The monoisotopic (exact) mass is 299 g/mol. The van der Waals surface area contributed by atoms with Gasteiger partial charge in [0.1, 0.15) is 0 Å². The number of hydrogen-bond acceptors (Lipinski definition) is 5. The molecule has 1 atom stereocenters. The molecule has 2 fully saturated rings. The Kier molecular flexibility index (Phi) is 6.89. The maximum atomic E-state index is 12.4. The van der Waals surface area contributed by atoms with E-state index in [9.17, 15) is 4.79 Å². The molecule has 0 aliphatic carbocycles. The lowest BCUT2D eigenvalue weighted by molar-refractivity contribution is -0.141. The molecule has 1 amide bonds. The quantitative estimate of drug-likeness (QED) is 0.685. The van der Waals surface area contributed by atoms with Gasteiger partial charge in [-0.25, -0.2) is 0 Å². The van der Waals surface area contributed by atoms with Crippen LogP contribution in [0.1, 0.15) is 13.3 Å². The Bertz CT molecular complexity index is 319. The lowest BCUT2D eigenvalue weighted by Crippen LogP contribution is -2.52. The van der Waals surface area contributed by atoms with Gasteiger partial charge in [0.15, 0.2) is 0 Å². The first-order chi connectivity index (χ1) is 10.2. The van der Waals surface area contributed by atoms with Crippen molar-refractivity contribution in [2.45, 2.75) is 19.4 Å². The number of nitrogens with zero attached hydrogens (tertiary/aromatic N) is 3. The van der Waals surface area contributed by atoms with Crippen LogP contribution in [-0.4, -0.2) is 99.4 Å². The van der Waals surface area contributed by atoms with Crippen LogP contribution in [-0.2, 0) is 14.3 Å². The second-order valence-corrected chi connectivity index (χ2v) is 5.82. The molecular weight excluding hydrogens is 270 g/mol. The molecule has 122 valence electrons. The summed E-state index contributed by atoms with van der Waals surface area (Å²) in [5.41, 5.74) is 0. The summed E-state index contributed by atoms with van der Waals surface area (Å²) in [5.74, 6) is 0.241. The highest BCUT2D eigenvalue weighted by Gasteiger charge is 2.26. The number of rotatable bonds is 6. The Morgan fingerprint density at radius 3 is 2.57 bits per heavy atom. The maximum Gasteiger partial charge on any atom is 0.236 e. The first kappa shape index (κ1) is 16.7. The fourth-order valence-electron chi connectivity index (χ4n) is 2.92. The van der Waals surface area contributed by atoms with Crippen molar-refractivity contribution in [1.82, 2.24) is 14.7 Å². The minimum absolute atomic E-state index is 0.125. The number of carbonyl (C=O) groups is 1. The van der Waals surface area contributed by atoms with E-state index < -0.39 is 0 Å². The van der Waals surface area contributed by atoms with Crippen LogP contribution in [0.4, 0.5) is 0 Å². The third-order valence-corrected chi connectivity index (χ3v) is 4.41. The number of methoxy groups -OCH3 is 1. The molecule has 2 heterocycles. The molecule has 0 aromatic carbocycles. The first-order valence-electron chi connectivity index (χ1n) is 8.06. The Balaban J connectivity index is 1.72. The van der Waals surface area contributed by atoms with Gasteiger partial charge in [0.2, 0.25) is 5.91 Å². The van der Waals surface area contributed by atoms with Crippen LogP contribution in [0, 0.1) is 0 Å². The van der Waals surface area contributed by atoms with Gasteiger partial charge in [0.05, 0.1) is 19.3 Å². The molecule has 0 spiro atoms. The molecule has 0 saturated carbocycles. The average molecular weight is 299 g/mol. The number of likely N-dealkylation sites (N-methyl/N-ethyl adjacent to an activating group) is 1. The van der Waals surface area contributed by atoms with E-state index in [4.69, 9.17) is 9.47 Å². The van der Waals surface area contributed by atoms with Gasteiger partial charge in [-0.3, -0.25) is 9.69 Å². The molecule has 0 aromatic heterocycles. The van der Waals surface area contributed by atoms with E-state index in [0.29, 0.717) is 26.3 Å². The lowest BCUT2D eigenvalue weighted by atomic mass is 10.2. The molecule has 6 heteroatoms. The molecule has 2 saturated heterocycles. The number of amides is 1. The molecule has 0 aromatic rings. The second-order valence-electron chi connectivity index (χ2n) is 5.82. The van der Waals surface area contributed by atoms with E-state index in [2.05, 4.69) is 16.7 Å². The number of hydrogen-bond donors (Lipinski definition) is 0. The fraction of sp³-hybridized carbons (Fsp3) is 0.933. The summed E-state index contributed by atoms with van der Waals surface area (Å²) < 4.78 is 10.8. The summed E-state index contributed by atoms with van der Waals surface area (Å²) in [6.45, 7) is 10.7. The number of carbonyl (C=O) groups excluding carboxylic acids is 1. The predicted molar refractivity (Wildman–Crippen MR) is 81.4 cm³/mol. The van der Waals surface area contributed by atoms with E-state index in [1.165, 1.54) is 0 Å². The summed E-state index contributed by atoms with van der Waals surface area (Å²) in [6.07, 6.45) is 0.981. The van der Waals surface area contributed by atoms with Gasteiger partial charge >= 0.3 is 0 Å². The highest BCUT2D eigenvalue weighted by Crippen LogP contribution is 2.10. The van der Waals surface area contributed by atoms with Crippen molar-refractivity contribution in [2.75, 3.05) is 72.7 Å². The van der Waals surface area contributed by atoms with E-state index in [-0.39, 0.29) is 12.0 Å². The number of ether oxygens (including phenoxy) is 2. The van der Waals surface area contributed by atoms with Gasteiger partial charge < -0.3 is 19.3 Å². The van der Waals surface area contributed by atoms with Crippen LogP contribution >= 0.6 is 0 Å². The minimum Gasteiger partial charge on any atom is -0.385 e. The Morgan fingerprint density at radius 1 is 1.19 bits per heavy atom. The molecule has 6 nitrogen and oxygen atoms in total. The molecular formula is C15H29N3O3. The van der Waals surface area contributed by atoms with Gasteiger partial charge in [-0.05, 0) is 13.0 Å². The molecule has 0 radical (unpaired) electrons. The van der Waals surface area contributed by atoms with Crippen molar-refractivity contribution < 1.29 is 14.3 Å². The molecule has 2 aliphatic heterocycles.